The van der Waals surface area contributed by atoms with E-state index >= 15 is 0 Å². The molecule has 5 atom stereocenters. The van der Waals surface area contributed by atoms with Gasteiger partial charge in [-0.25, -0.2) is 9.18 Å². The Morgan fingerprint density at radius 2 is 1.79 bits per heavy atom. The maximum absolute atomic E-state index is 13.6. The van der Waals surface area contributed by atoms with Crippen LogP contribution in [0.15, 0.2) is 47.5 Å². The quantitative estimate of drug-likeness (QED) is 0.506. The molecule has 1 aromatic carbocycles. The molecule has 0 unspecified atom stereocenters. The van der Waals surface area contributed by atoms with Crippen LogP contribution in [0.3, 0.4) is 0 Å². The molecule has 2 aliphatic rings. The summed E-state index contributed by atoms with van der Waals surface area (Å²) in [7, 11) is 0. The number of aliphatic carboxylic acids is 1. The largest absolute Gasteiger partial charge is 0.479 e. The molecular weight excluding hydrogens is 433 g/mol. The second-order valence-corrected chi connectivity index (χ2v) is 9.16. The van der Waals surface area contributed by atoms with E-state index in [0.29, 0.717) is 12.2 Å². The Balaban J connectivity index is 2.11. The number of benzene rings is 1. The molecule has 2 aliphatic heterocycles. The second-order valence-electron chi connectivity index (χ2n) is 9.16. The van der Waals surface area contributed by atoms with Crippen LogP contribution >= 0.6 is 0 Å². The Hall–Kier alpha value is -2.46. The van der Waals surface area contributed by atoms with Crippen molar-refractivity contribution in [2.24, 2.45) is 11.3 Å². The lowest BCUT2D eigenvalue weighted by Gasteiger charge is -2.40. The predicted octanol–water partition coefficient (Wildman–Crippen LogP) is 2.74. The van der Waals surface area contributed by atoms with Crippen molar-refractivity contribution in [2.75, 3.05) is 4.90 Å². The lowest BCUT2D eigenvalue weighted by atomic mass is 9.87. The Morgan fingerprint density at radius 1 is 1.18 bits per heavy atom. The third-order valence-corrected chi connectivity index (χ3v) is 6.00. The van der Waals surface area contributed by atoms with E-state index in [1.807, 2.05) is 45.6 Å². The molecule has 0 saturated carbocycles. The van der Waals surface area contributed by atoms with Gasteiger partial charge in [-0.15, -0.1) is 0 Å². The van der Waals surface area contributed by atoms with Crippen LogP contribution < -0.4 is 4.90 Å². The number of nitrogens with zero attached hydrogens (tertiary/aromatic N) is 1. The summed E-state index contributed by atoms with van der Waals surface area (Å²) >= 11 is 0. The molecule has 3 rings (SSSR count). The standard InChI is InChI=1S/C24H32FNO7/c1-6-7-15-24(4,5)21(16(12(2)3)26(15)14-10-8-13(25)9-11-14)33-23-19(29)17(27)18(28)20(32-23)22(30)31/h7-12,17-20,23,27-29H,6H2,1-5H3,(H,30,31)/b15-7+/t17-,18-,19+,20-,23-/m0/s1. The fourth-order valence-electron chi connectivity index (χ4n) is 4.35. The van der Waals surface area contributed by atoms with Crippen molar-refractivity contribution in [1.82, 2.24) is 0 Å². The molecule has 0 aromatic heterocycles. The lowest BCUT2D eigenvalue weighted by molar-refractivity contribution is -0.287. The number of carboxylic acids is 1. The number of carboxylic acid groups (broad SMARTS) is 1. The molecule has 182 valence electrons. The highest BCUT2D eigenvalue weighted by atomic mass is 19.1. The van der Waals surface area contributed by atoms with Crippen molar-refractivity contribution >= 4 is 11.7 Å². The summed E-state index contributed by atoms with van der Waals surface area (Å²) in [6.07, 6.45) is -5.80. The zero-order valence-corrected chi connectivity index (χ0v) is 19.4. The molecule has 0 bridgehead atoms. The van der Waals surface area contributed by atoms with Crippen LogP contribution in [0.4, 0.5) is 10.1 Å². The van der Waals surface area contributed by atoms with E-state index < -0.39 is 42.1 Å². The highest BCUT2D eigenvalue weighted by Gasteiger charge is 2.51. The summed E-state index contributed by atoms with van der Waals surface area (Å²) in [5, 5.41) is 40.1. The van der Waals surface area contributed by atoms with Crippen molar-refractivity contribution in [3.63, 3.8) is 0 Å². The highest BCUT2D eigenvalue weighted by Crippen LogP contribution is 2.52. The van der Waals surface area contributed by atoms with Gasteiger partial charge in [0.15, 0.2) is 6.10 Å². The first-order valence-electron chi connectivity index (χ1n) is 11.0. The Kier molecular flexibility index (Phi) is 7.18. The van der Waals surface area contributed by atoms with Gasteiger partial charge in [-0.2, -0.15) is 0 Å². The number of hydrogen-bond donors (Lipinski definition) is 4. The Morgan fingerprint density at radius 3 is 2.30 bits per heavy atom. The minimum atomic E-state index is -1.81. The van der Waals surface area contributed by atoms with Gasteiger partial charge in [0.1, 0.15) is 29.9 Å². The molecule has 0 radical (unpaired) electrons. The zero-order chi connectivity index (χ0) is 24.7. The van der Waals surface area contributed by atoms with Crippen LogP contribution in [0.2, 0.25) is 0 Å². The first-order chi connectivity index (χ1) is 15.4. The highest BCUT2D eigenvalue weighted by molar-refractivity contribution is 5.73. The van der Waals surface area contributed by atoms with Crippen LogP contribution in [0.25, 0.3) is 0 Å². The second kappa shape index (κ2) is 9.42. The molecule has 1 aromatic rings. The molecule has 1 fully saturated rings. The van der Waals surface area contributed by atoms with Crippen LogP contribution in [-0.2, 0) is 14.3 Å². The number of hydrogen-bond acceptors (Lipinski definition) is 7. The predicted molar refractivity (Wildman–Crippen MR) is 118 cm³/mol. The van der Waals surface area contributed by atoms with Crippen molar-refractivity contribution < 1.29 is 39.1 Å². The summed E-state index contributed by atoms with van der Waals surface area (Å²) in [6.45, 7) is 9.74. The Bertz CT molecular complexity index is 941. The third-order valence-electron chi connectivity index (χ3n) is 6.00. The SMILES string of the molecule is CC/C=C1/N(c2ccc(F)cc2)C(C(C)C)=C(O[C@@H]2O[C@H](C(=O)O)[C@@H](O)[C@H](O)[C@H]2O)C1(C)C. The van der Waals surface area contributed by atoms with Gasteiger partial charge in [-0.1, -0.05) is 26.8 Å². The summed E-state index contributed by atoms with van der Waals surface area (Å²) < 4.78 is 25.1. The van der Waals surface area contributed by atoms with E-state index in [9.17, 15) is 29.6 Å². The van der Waals surface area contributed by atoms with Crippen LogP contribution in [-0.4, -0.2) is 57.1 Å². The molecule has 0 aliphatic carbocycles. The Labute approximate surface area is 192 Å². The van der Waals surface area contributed by atoms with Crippen molar-refractivity contribution in [1.29, 1.82) is 0 Å². The number of ether oxygens (including phenoxy) is 2. The summed E-state index contributed by atoms with van der Waals surface area (Å²) in [5.41, 5.74) is 1.59. The number of rotatable bonds is 6. The zero-order valence-electron chi connectivity index (χ0n) is 19.4. The smallest absolute Gasteiger partial charge is 0.335 e. The summed E-state index contributed by atoms with van der Waals surface area (Å²) in [6, 6.07) is 6.05. The maximum atomic E-state index is 13.6. The van der Waals surface area contributed by atoms with Gasteiger partial charge < -0.3 is 34.8 Å². The van der Waals surface area contributed by atoms with E-state index in [2.05, 4.69) is 0 Å². The number of anilines is 1. The van der Waals surface area contributed by atoms with Gasteiger partial charge >= 0.3 is 5.97 Å². The van der Waals surface area contributed by atoms with E-state index in [0.717, 1.165) is 17.1 Å². The first kappa shape index (κ1) is 25.2. The number of halogens is 1. The minimum absolute atomic E-state index is 0.0846. The fourth-order valence-corrected chi connectivity index (χ4v) is 4.35. The van der Waals surface area contributed by atoms with Gasteiger partial charge in [-0.3, -0.25) is 0 Å². The van der Waals surface area contributed by atoms with Crippen molar-refractivity contribution in [2.45, 2.75) is 71.7 Å². The van der Waals surface area contributed by atoms with Gasteiger partial charge in [-0.05, 0) is 50.5 Å². The van der Waals surface area contributed by atoms with Crippen LogP contribution in [0, 0.1) is 17.2 Å². The average molecular weight is 466 g/mol. The average Bonchev–Trinajstić information content (AvgIpc) is 2.96. The molecule has 0 spiro atoms. The molecule has 4 N–H and O–H groups in total. The van der Waals surface area contributed by atoms with Gasteiger partial charge in [0.25, 0.3) is 0 Å². The molecule has 2 heterocycles. The maximum Gasteiger partial charge on any atom is 0.335 e. The molecule has 8 nitrogen and oxygen atoms in total. The van der Waals surface area contributed by atoms with Gasteiger partial charge in [0.2, 0.25) is 6.29 Å². The summed E-state index contributed by atoms with van der Waals surface area (Å²) in [4.78, 5) is 13.5. The molecular formula is C24H32FNO7. The van der Waals surface area contributed by atoms with Crippen molar-refractivity contribution in [3.05, 3.63) is 53.3 Å². The van der Waals surface area contributed by atoms with E-state index in [1.165, 1.54) is 12.1 Å². The number of aliphatic hydroxyl groups excluding tert-OH is 3. The number of carbonyl (C=O) groups is 1. The van der Waals surface area contributed by atoms with Crippen LogP contribution in [0.5, 0.6) is 0 Å². The molecule has 33 heavy (non-hydrogen) atoms. The first-order valence-corrected chi connectivity index (χ1v) is 11.0. The summed E-state index contributed by atoms with van der Waals surface area (Å²) in [5.74, 6) is -1.50. The van der Waals surface area contributed by atoms with E-state index in [-0.39, 0.29) is 11.7 Å². The van der Waals surface area contributed by atoms with Crippen LogP contribution in [0.1, 0.15) is 41.0 Å². The monoisotopic (exact) mass is 465 g/mol. The fraction of sp³-hybridized carbons (Fsp3) is 0.542. The van der Waals surface area contributed by atoms with E-state index in [1.54, 1.807) is 12.1 Å². The number of aliphatic hydroxyl groups is 3. The number of allylic oxidation sites excluding steroid dienone is 2. The normalized spacial score (nSPS) is 30.9. The van der Waals surface area contributed by atoms with E-state index in [4.69, 9.17) is 9.47 Å². The van der Waals surface area contributed by atoms with Gasteiger partial charge in [0.05, 0.1) is 11.1 Å². The molecule has 1 saturated heterocycles. The lowest BCUT2D eigenvalue weighted by Crippen LogP contribution is -2.60. The van der Waals surface area contributed by atoms with Gasteiger partial charge in [0, 0.05) is 11.4 Å². The minimum Gasteiger partial charge on any atom is -0.479 e. The third kappa shape index (κ3) is 4.50. The molecule has 9 heteroatoms. The topological polar surface area (TPSA) is 120 Å². The molecule has 0 amide bonds. The van der Waals surface area contributed by atoms with Crippen molar-refractivity contribution in [3.8, 4) is 0 Å².